The lowest BCUT2D eigenvalue weighted by molar-refractivity contribution is 0.115. The van der Waals surface area contributed by atoms with Crippen LogP contribution in [0.4, 0.5) is 0 Å². The van der Waals surface area contributed by atoms with Crippen molar-refractivity contribution in [2.75, 3.05) is 19.8 Å². The second kappa shape index (κ2) is 7.47. The van der Waals surface area contributed by atoms with E-state index >= 15 is 0 Å². The fourth-order valence-electron chi connectivity index (χ4n) is 1.57. The monoisotopic (exact) mass is 225 g/mol. The highest BCUT2D eigenvalue weighted by atomic mass is 16.5. The number of ether oxygens (including phenoxy) is 1. The van der Waals surface area contributed by atoms with Gasteiger partial charge in [0.25, 0.3) is 0 Å². The standard InChI is InChI=1S/C13H23NO2/c1-4-9-14-12(10-15-6-3)13-8-7-11(5-2)16-13/h7-8,12,14H,4-6,9-10H2,1-3H3. The van der Waals surface area contributed by atoms with E-state index in [1.165, 1.54) is 0 Å². The average molecular weight is 225 g/mol. The number of furan rings is 1. The third-order valence-corrected chi connectivity index (χ3v) is 2.50. The van der Waals surface area contributed by atoms with Gasteiger partial charge in [0.1, 0.15) is 11.5 Å². The molecule has 1 unspecified atom stereocenters. The summed E-state index contributed by atoms with van der Waals surface area (Å²) in [6.45, 7) is 8.67. The van der Waals surface area contributed by atoms with Crippen LogP contribution in [0.3, 0.4) is 0 Å². The molecule has 0 amide bonds. The highest BCUT2D eigenvalue weighted by molar-refractivity contribution is 5.10. The van der Waals surface area contributed by atoms with Gasteiger partial charge in [0.2, 0.25) is 0 Å². The molecule has 3 nitrogen and oxygen atoms in total. The van der Waals surface area contributed by atoms with Crippen LogP contribution in [0.15, 0.2) is 16.5 Å². The first-order valence-electron chi connectivity index (χ1n) is 6.21. The maximum absolute atomic E-state index is 5.75. The van der Waals surface area contributed by atoms with E-state index in [9.17, 15) is 0 Å². The Bertz CT molecular complexity index is 275. The fraction of sp³-hybridized carbons (Fsp3) is 0.692. The Balaban J connectivity index is 2.58. The molecule has 1 N–H and O–H groups in total. The molecule has 0 aliphatic heterocycles. The summed E-state index contributed by atoms with van der Waals surface area (Å²) < 4.78 is 11.2. The van der Waals surface area contributed by atoms with Crippen molar-refractivity contribution in [3.8, 4) is 0 Å². The zero-order valence-electron chi connectivity index (χ0n) is 10.6. The third-order valence-electron chi connectivity index (χ3n) is 2.50. The van der Waals surface area contributed by atoms with Crippen LogP contribution in [0.5, 0.6) is 0 Å². The molecule has 1 heterocycles. The fourth-order valence-corrected chi connectivity index (χ4v) is 1.57. The number of hydrogen-bond acceptors (Lipinski definition) is 3. The number of hydrogen-bond donors (Lipinski definition) is 1. The van der Waals surface area contributed by atoms with Gasteiger partial charge in [-0.15, -0.1) is 0 Å². The van der Waals surface area contributed by atoms with Gasteiger partial charge >= 0.3 is 0 Å². The van der Waals surface area contributed by atoms with Crippen LogP contribution in [-0.4, -0.2) is 19.8 Å². The molecule has 1 atom stereocenters. The average Bonchev–Trinajstić information content (AvgIpc) is 2.78. The largest absolute Gasteiger partial charge is 0.464 e. The minimum absolute atomic E-state index is 0.181. The van der Waals surface area contributed by atoms with Gasteiger partial charge in [-0.05, 0) is 32.0 Å². The molecular weight excluding hydrogens is 202 g/mol. The highest BCUT2D eigenvalue weighted by Gasteiger charge is 2.14. The molecule has 0 saturated heterocycles. The minimum atomic E-state index is 0.181. The van der Waals surface area contributed by atoms with Crippen LogP contribution < -0.4 is 5.32 Å². The quantitative estimate of drug-likeness (QED) is 0.738. The lowest BCUT2D eigenvalue weighted by Gasteiger charge is -2.15. The predicted molar refractivity (Wildman–Crippen MR) is 65.6 cm³/mol. The minimum Gasteiger partial charge on any atom is -0.464 e. The Morgan fingerprint density at radius 3 is 2.69 bits per heavy atom. The van der Waals surface area contributed by atoms with Crippen molar-refractivity contribution in [1.29, 1.82) is 0 Å². The highest BCUT2D eigenvalue weighted by Crippen LogP contribution is 2.17. The molecule has 0 fully saturated rings. The molecule has 0 spiro atoms. The van der Waals surface area contributed by atoms with Crippen LogP contribution in [-0.2, 0) is 11.2 Å². The summed E-state index contributed by atoms with van der Waals surface area (Å²) in [5.41, 5.74) is 0. The van der Waals surface area contributed by atoms with Crippen molar-refractivity contribution in [3.05, 3.63) is 23.7 Å². The van der Waals surface area contributed by atoms with E-state index in [4.69, 9.17) is 9.15 Å². The molecule has 0 aliphatic carbocycles. The van der Waals surface area contributed by atoms with Crippen LogP contribution >= 0.6 is 0 Å². The summed E-state index contributed by atoms with van der Waals surface area (Å²) in [6, 6.07) is 4.27. The van der Waals surface area contributed by atoms with E-state index in [2.05, 4.69) is 19.2 Å². The molecule has 0 aromatic carbocycles. The van der Waals surface area contributed by atoms with Gasteiger partial charge in [0, 0.05) is 13.0 Å². The smallest absolute Gasteiger partial charge is 0.123 e. The van der Waals surface area contributed by atoms with Crippen molar-refractivity contribution in [1.82, 2.24) is 5.32 Å². The second-order valence-electron chi connectivity index (χ2n) is 3.82. The van der Waals surface area contributed by atoms with Gasteiger partial charge in [-0.3, -0.25) is 0 Å². The summed E-state index contributed by atoms with van der Waals surface area (Å²) >= 11 is 0. The molecular formula is C13H23NO2. The molecule has 0 radical (unpaired) electrons. The first-order valence-corrected chi connectivity index (χ1v) is 6.21. The van der Waals surface area contributed by atoms with E-state index in [0.717, 1.165) is 37.5 Å². The van der Waals surface area contributed by atoms with Gasteiger partial charge in [-0.25, -0.2) is 0 Å². The van der Waals surface area contributed by atoms with Crippen molar-refractivity contribution in [3.63, 3.8) is 0 Å². The molecule has 92 valence electrons. The number of rotatable bonds is 8. The molecule has 1 aromatic heterocycles. The van der Waals surface area contributed by atoms with Crippen LogP contribution in [0.25, 0.3) is 0 Å². The Morgan fingerprint density at radius 2 is 2.12 bits per heavy atom. The van der Waals surface area contributed by atoms with Gasteiger partial charge in [-0.2, -0.15) is 0 Å². The Labute approximate surface area is 98.2 Å². The van der Waals surface area contributed by atoms with Gasteiger partial charge in [-0.1, -0.05) is 13.8 Å². The zero-order valence-corrected chi connectivity index (χ0v) is 10.6. The van der Waals surface area contributed by atoms with Crippen molar-refractivity contribution in [2.45, 2.75) is 39.7 Å². The maximum Gasteiger partial charge on any atom is 0.123 e. The summed E-state index contributed by atoms with van der Waals surface area (Å²) in [6.07, 6.45) is 2.05. The van der Waals surface area contributed by atoms with Crippen LogP contribution in [0.2, 0.25) is 0 Å². The first kappa shape index (κ1) is 13.3. The topological polar surface area (TPSA) is 34.4 Å². The van der Waals surface area contributed by atoms with Crippen molar-refractivity contribution < 1.29 is 9.15 Å². The van der Waals surface area contributed by atoms with E-state index in [1.807, 2.05) is 19.1 Å². The number of nitrogens with one attached hydrogen (secondary N) is 1. The summed E-state index contributed by atoms with van der Waals surface area (Å²) in [7, 11) is 0. The molecule has 16 heavy (non-hydrogen) atoms. The third kappa shape index (κ3) is 3.99. The zero-order chi connectivity index (χ0) is 11.8. The van der Waals surface area contributed by atoms with Gasteiger partial charge in [0.15, 0.2) is 0 Å². The van der Waals surface area contributed by atoms with Crippen molar-refractivity contribution in [2.24, 2.45) is 0 Å². The Hall–Kier alpha value is -0.800. The van der Waals surface area contributed by atoms with E-state index in [-0.39, 0.29) is 6.04 Å². The first-order chi connectivity index (χ1) is 7.81. The molecule has 0 saturated carbocycles. The number of aryl methyl sites for hydroxylation is 1. The molecule has 0 aliphatic rings. The molecule has 1 aromatic rings. The van der Waals surface area contributed by atoms with E-state index in [0.29, 0.717) is 6.61 Å². The summed E-state index contributed by atoms with van der Waals surface area (Å²) in [4.78, 5) is 0. The molecule has 0 bridgehead atoms. The van der Waals surface area contributed by atoms with E-state index in [1.54, 1.807) is 0 Å². The Morgan fingerprint density at radius 1 is 1.31 bits per heavy atom. The molecule has 3 heteroatoms. The van der Waals surface area contributed by atoms with Crippen molar-refractivity contribution >= 4 is 0 Å². The van der Waals surface area contributed by atoms with E-state index < -0.39 is 0 Å². The summed E-state index contributed by atoms with van der Waals surface area (Å²) in [5, 5.41) is 3.44. The van der Waals surface area contributed by atoms with Gasteiger partial charge < -0.3 is 14.5 Å². The SMILES string of the molecule is CCCNC(COCC)c1ccc(CC)o1. The Kier molecular flexibility index (Phi) is 6.19. The molecule has 1 rings (SSSR count). The predicted octanol–water partition coefficient (Wildman–Crippen LogP) is 2.92. The van der Waals surface area contributed by atoms with Crippen LogP contribution in [0, 0.1) is 0 Å². The normalized spacial score (nSPS) is 12.9. The lowest BCUT2D eigenvalue weighted by Crippen LogP contribution is -2.26. The van der Waals surface area contributed by atoms with Crippen LogP contribution in [0.1, 0.15) is 44.8 Å². The van der Waals surface area contributed by atoms with Gasteiger partial charge in [0.05, 0.1) is 12.6 Å². The second-order valence-corrected chi connectivity index (χ2v) is 3.82. The maximum atomic E-state index is 5.75. The summed E-state index contributed by atoms with van der Waals surface area (Å²) in [5.74, 6) is 2.02. The lowest BCUT2D eigenvalue weighted by atomic mass is 10.2.